The minimum absolute atomic E-state index is 0.0534. The van der Waals surface area contributed by atoms with E-state index in [1.54, 1.807) is 11.4 Å². The number of rotatable bonds is 2. The van der Waals surface area contributed by atoms with Crippen LogP contribution in [0.2, 0.25) is 0 Å². The van der Waals surface area contributed by atoms with E-state index >= 15 is 0 Å². The van der Waals surface area contributed by atoms with E-state index in [0.29, 0.717) is 16.5 Å². The van der Waals surface area contributed by atoms with Crippen molar-refractivity contribution in [3.05, 3.63) is 34.7 Å². The normalized spacial score (nSPS) is 14.2. The number of benzene rings is 1. The summed E-state index contributed by atoms with van der Waals surface area (Å²) >= 11 is 1.13. The summed E-state index contributed by atoms with van der Waals surface area (Å²) in [7, 11) is 0. The third-order valence-corrected chi connectivity index (χ3v) is 3.61. The van der Waals surface area contributed by atoms with Crippen LogP contribution in [0, 0.1) is 0 Å². The van der Waals surface area contributed by atoms with Gasteiger partial charge in [-0.1, -0.05) is 12.1 Å². The number of hydrogen-bond acceptors (Lipinski definition) is 2. The average Bonchev–Trinajstić information content (AvgIpc) is 2.59. The fourth-order valence-electron chi connectivity index (χ4n) is 1.84. The Bertz CT molecular complexity index is 528. The molecule has 0 spiro atoms. The number of fused-ring (bicyclic) bond motifs is 1. The molecule has 1 aromatic carbocycles. The monoisotopic (exact) mass is 259 g/mol. The zero-order valence-corrected chi connectivity index (χ0v) is 10.0. The zero-order chi connectivity index (χ0) is 12.6. The molecule has 1 unspecified atom stereocenters. The lowest BCUT2D eigenvalue weighted by Crippen LogP contribution is -2.17. The predicted molar refractivity (Wildman–Crippen MR) is 64.2 cm³/mol. The first-order chi connectivity index (χ1) is 7.89. The van der Waals surface area contributed by atoms with E-state index in [1.807, 2.05) is 6.92 Å². The summed E-state index contributed by atoms with van der Waals surface area (Å²) in [6, 6.07) is 4.23. The van der Waals surface area contributed by atoms with Gasteiger partial charge in [0.1, 0.15) is 0 Å². The van der Waals surface area contributed by atoms with Crippen molar-refractivity contribution in [3.63, 3.8) is 0 Å². The maximum absolute atomic E-state index is 12.8. The first-order valence-corrected chi connectivity index (χ1v) is 6.09. The van der Waals surface area contributed by atoms with Crippen LogP contribution in [0.1, 0.15) is 18.1 Å². The summed E-state index contributed by atoms with van der Waals surface area (Å²) in [6.45, 7) is 1.84. The summed E-state index contributed by atoms with van der Waals surface area (Å²) in [6.07, 6.45) is -3.70. The molecule has 0 aliphatic rings. The average molecular weight is 259 g/mol. The van der Waals surface area contributed by atoms with Crippen molar-refractivity contribution in [3.8, 4) is 0 Å². The van der Waals surface area contributed by atoms with Crippen molar-refractivity contribution in [2.75, 3.05) is 0 Å². The SMILES string of the molecule is CC(N)Cc1csc2c(C(F)(F)F)cccc12. The molecule has 0 fully saturated rings. The summed E-state index contributed by atoms with van der Waals surface area (Å²) in [5.74, 6) is 0. The molecule has 17 heavy (non-hydrogen) atoms. The summed E-state index contributed by atoms with van der Waals surface area (Å²) in [5, 5.41) is 2.44. The molecule has 0 saturated carbocycles. The molecular formula is C12H12F3NS. The molecule has 2 aromatic rings. The van der Waals surface area contributed by atoms with Crippen LogP contribution in [-0.4, -0.2) is 6.04 Å². The zero-order valence-electron chi connectivity index (χ0n) is 9.21. The summed E-state index contributed by atoms with van der Waals surface area (Å²) in [5.41, 5.74) is 6.02. The van der Waals surface area contributed by atoms with Gasteiger partial charge < -0.3 is 5.73 Å². The van der Waals surface area contributed by atoms with Crippen molar-refractivity contribution in [2.24, 2.45) is 5.73 Å². The van der Waals surface area contributed by atoms with E-state index in [9.17, 15) is 13.2 Å². The Hall–Kier alpha value is -1.07. The predicted octanol–water partition coefficient (Wildman–Crippen LogP) is 3.81. The van der Waals surface area contributed by atoms with E-state index < -0.39 is 11.7 Å². The van der Waals surface area contributed by atoms with Crippen LogP contribution in [0.25, 0.3) is 10.1 Å². The Morgan fingerprint density at radius 1 is 1.35 bits per heavy atom. The first-order valence-electron chi connectivity index (χ1n) is 5.21. The largest absolute Gasteiger partial charge is 0.417 e. The molecule has 1 aromatic heterocycles. The molecule has 0 saturated heterocycles. The molecule has 1 atom stereocenters. The molecular weight excluding hydrogens is 247 g/mol. The Balaban J connectivity index is 2.57. The molecule has 1 nitrogen and oxygen atoms in total. The Labute approximate surface area is 101 Å². The van der Waals surface area contributed by atoms with Gasteiger partial charge in [-0.05, 0) is 35.7 Å². The standard InChI is InChI=1S/C12H12F3NS/c1-7(16)5-8-6-17-11-9(8)3-2-4-10(11)12(13,14)15/h2-4,6-7H,5,16H2,1H3. The molecule has 1 heterocycles. The highest BCUT2D eigenvalue weighted by Gasteiger charge is 2.33. The van der Waals surface area contributed by atoms with Gasteiger partial charge in [-0.15, -0.1) is 11.3 Å². The lowest BCUT2D eigenvalue weighted by molar-refractivity contribution is -0.136. The van der Waals surface area contributed by atoms with Gasteiger partial charge in [-0.3, -0.25) is 0 Å². The quantitative estimate of drug-likeness (QED) is 0.872. The van der Waals surface area contributed by atoms with E-state index in [0.717, 1.165) is 23.0 Å². The third-order valence-electron chi connectivity index (χ3n) is 2.53. The molecule has 0 amide bonds. The second-order valence-electron chi connectivity index (χ2n) is 4.12. The van der Waals surface area contributed by atoms with Crippen LogP contribution in [0.3, 0.4) is 0 Å². The molecule has 0 aliphatic carbocycles. The Morgan fingerprint density at radius 3 is 2.65 bits per heavy atom. The van der Waals surface area contributed by atoms with E-state index in [2.05, 4.69) is 0 Å². The van der Waals surface area contributed by atoms with Crippen molar-refractivity contribution < 1.29 is 13.2 Å². The fraction of sp³-hybridized carbons (Fsp3) is 0.333. The molecule has 0 radical (unpaired) electrons. The fourth-order valence-corrected chi connectivity index (χ4v) is 2.96. The maximum atomic E-state index is 12.8. The van der Waals surface area contributed by atoms with Gasteiger partial charge >= 0.3 is 6.18 Å². The second-order valence-corrected chi connectivity index (χ2v) is 5.00. The number of halogens is 3. The number of alkyl halides is 3. The lowest BCUT2D eigenvalue weighted by Gasteiger charge is -2.08. The third kappa shape index (κ3) is 2.45. The van der Waals surface area contributed by atoms with E-state index in [-0.39, 0.29) is 6.04 Å². The Kier molecular flexibility index (Phi) is 3.14. The van der Waals surface area contributed by atoms with Crippen LogP contribution in [0.5, 0.6) is 0 Å². The van der Waals surface area contributed by atoms with Crippen molar-refractivity contribution in [1.29, 1.82) is 0 Å². The molecule has 5 heteroatoms. The first kappa shape index (κ1) is 12.4. The number of thiophene rings is 1. The lowest BCUT2D eigenvalue weighted by atomic mass is 10.0. The van der Waals surface area contributed by atoms with Gasteiger partial charge in [-0.2, -0.15) is 13.2 Å². The van der Waals surface area contributed by atoms with Gasteiger partial charge in [-0.25, -0.2) is 0 Å². The van der Waals surface area contributed by atoms with Crippen LogP contribution >= 0.6 is 11.3 Å². The molecule has 92 valence electrons. The van der Waals surface area contributed by atoms with Crippen molar-refractivity contribution in [2.45, 2.75) is 25.6 Å². The highest BCUT2D eigenvalue weighted by atomic mass is 32.1. The maximum Gasteiger partial charge on any atom is 0.417 e. The molecule has 0 bridgehead atoms. The van der Waals surface area contributed by atoms with Gasteiger partial charge in [0, 0.05) is 10.7 Å². The second kappa shape index (κ2) is 4.31. The van der Waals surface area contributed by atoms with Crippen molar-refractivity contribution >= 4 is 21.4 Å². The van der Waals surface area contributed by atoms with E-state index in [1.165, 1.54) is 6.07 Å². The summed E-state index contributed by atoms with van der Waals surface area (Å²) in [4.78, 5) is 0. The van der Waals surface area contributed by atoms with Crippen LogP contribution in [0.4, 0.5) is 13.2 Å². The van der Waals surface area contributed by atoms with Gasteiger partial charge in [0.05, 0.1) is 5.56 Å². The molecule has 2 N–H and O–H groups in total. The topological polar surface area (TPSA) is 26.0 Å². The van der Waals surface area contributed by atoms with Crippen LogP contribution in [0.15, 0.2) is 23.6 Å². The van der Waals surface area contributed by atoms with Crippen LogP contribution < -0.4 is 5.73 Å². The van der Waals surface area contributed by atoms with Gasteiger partial charge in [0.15, 0.2) is 0 Å². The number of hydrogen-bond donors (Lipinski definition) is 1. The van der Waals surface area contributed by atoms with Gasteiger partial charge in [0.25, 0.3) is 0 Å². The van der Waals surface area contributed by atoms with E-state index in [4.69, 9.17) is 5.73 Å². The smallest absolute Gasteiger partial charge is 0.328 e. The Morgan fingerprint density at radius 2 is 2.06 bits per heavy atom. The summed E-state index contributed by atoms with van der Waals surface area (Å²) < 4.78 is 38.6. The van der Waals surface area contributed by atoms with Gasteiger partial charge in [0.2, 0.25) is 0 Å². The highest BCUT2D eigenvalue weighted by molar-refractivity contribution is 7.17. The number of nitrogens with two attached hydrogens (primary N) is 1. The minimum Gasteiger partial charge on any atom is -0.328 e. The highest BCUT2D eigenvalue weighted by Crippen LogP contribution is 2.38. The van der Waals surface area contributed by atoms with Crippen LogP contribution in [-0.2, 0) is 12.6 Å². The van der Waals surface area contributed by atoms with Crippen molar-refractivity contribution in [1.82, 2.24) is 0 Å². The molecule has 2 rings (SSSR count). The molecule has 0 aliphatic heterocycles. The minimum atomic E-state index is -4.30.